The van der Waals surface area contributed by atoms with Gasteiger partial charge < -0.3 is 10.6 Å². The minimum atomic E-state index is -0.168. The lowest BCUT2D eigenvalue weighted by molar-refractivity contribution is 0.607. The predicted octanol–water partition coefficient (Wildman–Crippen LogP) is 4.00. The van der Waals surface area contributed by atoms with Gasteiger partial charge in [-0.15, -0.1) is 35.3 Å². The summed E-state index contributed by atoms with van der Waals surface area (Å²) in [6.07, 6.45) is 4.03. The van der Waals surface area contributed by atoms with E-state index in [9.17, 15) is 4.39 Å². The van der Waals surface area contributed by atoms with Crippen LogP contribution in [-0.2, 0) is 12.0 Å². The maximum absolute atomic E-state index is 13.5. The number of rotatable bonds is 6. The van der Waals surface area contributed by atoms with Crippen molar-refractivity contribution in [1.29, 1.82) is 0 Å². The molecule has 136 valence electrons. The highest BCUT2D eigenvalue weighted by Crippen LogP contribution is 2.47. The molecule has 1 heterocycles. The quantitative estimate of drug-likeness (QED) is 0.378. The summed E-state index contributed by atoms with van der Waals surface area (Å²) in [5, 5.41) is 7.69. The summed E-state index contributed by atoms with van der Waals surface area (Å²) in [6.45, 7) is 6.23. The number of thiazole rings is 1. The third kappa shape index (κ3) is 5.37. The number of hydrogen-bond donors (Lipinski definition) is 2. The number of nitrogens with one attached hydrogen (secondary N) is 2. The molecule has 25 heavy (non-hydrogen) atoms. The first-order chi connectivity index (χ1) is 11.6. The van der Waals surface area contributed by atoms with E-state index in [1.807, 2.05) is 26.1 Å². The average molecular weight is 474 g/mol. The fraction of sp³-hybridized carbons (Fsp3) is 0.444. The van der Waals surface area contributed by atoms with Gasteiger partial charge in [0.25, 0.3) is 0 Å². The number of halogens is 2. The first-order valence-electron chi connectivity index (χ1n) is 8.31. The summed E-state index contributed by atoms with van der Waals surface area (Å²) >= 11 is 1.67. The van der Waals surface area contributed by atoms with Crippen molar-refractivity contribution in [2.24, 2.45) is 4.99 Å². The molecule has 0 bridgehead atoms. The Morgan fingerprint density at radius 3 is 2.76 bits per heavy atom. The van der Waals surface area contributed by atoms with Crippen molar-refractivity contribution in [3.8, 4) is 0 Å². The van der Waals surface area contributed by atoms with Crippen LogP contribution in [0.3, 0.4) is 0 Å². The van der Waals surface area contributed by atoms with Crippen LogP contribution in [0.2, 0.25) is 0 Å². The second-order valence-corrected chi connectivity index (χ2v) is 7.52. The molecule has 1 aliphatic rings. The molecule has 1 aromatic carbocycles. The number of benzene rings is 1. The van der Waals surface area contributed by atoms with Gasteiger partial charge in [0.05, 0.1) is 6.54 Å². The van der Waals surface area contributed by atoms with Crippen LogP contribution in [0, 0.1) is 12.7 Å². The fourth-order valence-corrected chi connectivity index (χ4v) is 3.46. The molecular formula is C18H24FIN4S. The lowest BCUT2D eigenvalue weighted by atomic mass is 9.96. The molecule has 7 heteroatoms. The summed E-state index contributed by atoms with van der Waals surface area (Å²) in [7, 11) is 0. The topological polar surface area (TPSA) is 49.3 Å². The molecular weight excluding hydrogens is 450 g/mol. The molecule has 0 spiro atoms. The van der Waals surface area contributed by atoms with Crippen molar-refractivity contribution in [1.82, 2.24) is 15.6 Å². The van der Waals surface area contributed by atoms with Crippen LogP contribution >= 0.6 is 35.3 Å². The highest BCUT2D eigenvalue weighted by Gasteiger charge is 2.44. The van der Waals surface area contributed by atoms with Gasteiger partial charge in [-0.2, -0.15) is 0 Å². The van der Waals surface area contributed by atoms with Gasteiger partial charge in [0.15, 0.2) is 5.96 Å². The summed E-state index contributed by atoms with van der Waals surface area (Å²) in [5.41, 5.74) is 1.11. The van der Waals surface area contributed by atoms with Crippen LogP contribution in [0.25, 0.3) is 0 Å². The van der Waals surface area contributed by atoms with Crippen LogP contribution in [-0.4, -0.2) is 24.0 Å². The number of nitrogens with zero attached hydrogens (tertiary/aromatic N) is 2. The molecule has 2 aromatic rings. The lowest BCUT2D eigenvalue weighted by Crippen LogP contribution is -2.41. The van der Waals surface area contributed by atoms with Gasteiger partial charge in [-0.1, -0.05) is 12.1 Å². The van der Waals surface area contributed by atoms with E-state index in [1.165, 1.54) is 10.9 Å². The van der Waals surface area contributed by atoms with Crippen molar-refractivity contribution in [3.05, 3.63) is 51.7 Å². The van der Waals surface area contributed by atoms with E-state index in [1.54, 1.807) is 23.5 Å². The van der Waals surface area contributed by atoms with Gasteiger partial charge in [0.2, 0.25) is 0 Å². The van der Waals surface area contributed by atoms with E-state index in [0.29, 0.717) is 6.54 Å². The van der Waals surface area contributed by atoms with E-state index in [-0.39, 0.29) is 35.2 Å². The first kappa shape index (κ1) is 20.1. The molecule has 0 unspecified atom stereocenters. The molecule has 0 radical (unpaired) electrons. The number of aryl methyl sites for hydroxylation is 1. The largest absolute Gasteiger partial charge is 0.357 e. The Kier molecular flexibility index (Phi) is 7.18. The fourth-order valence-electron chi connectivity index (χ4n) is 2.75. The Bertz CT molecular complexity index is 727. The zero-order valence-corrected chi connectivity index (χ0v) is 17.7. The zero-order chi connectivity index (χ0) is 17.0. The molecule has 1 fully saturated rings. The van der Waals surface area contributed by atoms with E-state index < -0.39 is 0 Å². The molecule has 0 atom stereocenters. The molecule has 0 saturated heterocycles. The molecule has 1 aliphatic carbocycles. The Hall–Kier alpha value is -1.22. The van der Waals surface area contributed by atoms with Crippen molar-refractivity contribution in [3.63, 3.8) is 0 Å². The highest BCUT2D eigenvalue weighted by molar-refractivity contribution is 14.0. The monoisotopic (exact) mass is 474 g/mol. The van der Waals surface area contributed by atoms with Crippen molar-refractivity contribution < 1.29 is 4.39 Å². The second kappa shape index (κ2) is 8.93. The van der Waals surface area contributed by atoms with Gasteiger partial charge in [-0.3, -0.25) is 0 Å². The van der Waals surface area contributed by atoms with Crippen LogP contribution < -0.4 is 10.6 Å². The number of aliphatic imine (C=N–C) groups is 1. The molecule has 2 N–H and O–H groups in total. The highest BCUT2D eigenvalue weighted by atomic mass is 127. The zero-order valence-electron chi connectivity index (χ0n) is 14.5. The third-order valence-electron chi connectivity index (χ3n) is 4.27. The maximum Gasteiger partial charge on any atom is 0.191 e. The van der Waals surface area contributed by atoms with Gasteiger partial charge >= 0.3 is 0 Å². The number of aromatic nitrogens is 1. The van der Waals surface area contributed by atoms with Gasteiger partial charge in [-0.25, -0.2) is 14.4 Å². The van der Waals surface area contributed by atoms with Crippen LogP contribution in [0.5, 0.6) is 0 Å². The minimum absolute atomic E-state index is 0. The van der Waals surface area contributed by atoms with E-state index in [2.05, 4.69) is 20.6 Å². The summed E-state index contributed by atoms with van der Waals surface area (Å²) in [6, 6.07) is 6.95. The summed E-state index contributed by atoms with van der Waals surface area (Å²) < 4.78 is 13.5. The van der Waals surface area contributed by atoms with Gasteiger partial charge in [0, 0.05) is 29.6 Å². The smallest absolute Gasteiger partial charge is 0.191 e. The minimum Gasteiger partial charge on any atom is -0.357 e. The van der Waals surface area contributed by atoms with Crippen molar-refractivity contribution in [2.75, 3.05) is 13.1 Å². The van der Waals surface area contributed by atoms with Crippen LogP contribution in [0.15, 0.2) is 35.5 Å². The molecule has 0 aliphatic heterocycles. The van der Waals surface area contributed by atoms with Crippen LogP contribution in [0.1, 0.15) is 35.2 Å². The first-order valence-corrected chi connectivity index (χ1v) is 9.12. The summed E-state index contributed by atoms with van der Waals surface area (Å²) in [4.78, 5) is 10.1. The van der Waals surface area contributed by atoms with E-state index in [4.69, 9.17) is 0 Å². The molecule has 3 rings (SSSR count). The standard InChI is InChI=1S/C18H23FN4S.HI/c1-3-20-17(22-11-16-21-10-13(2)24-16)23-12-18(7-8-18)14-5-4-6-15(19)9-14;/h4-6,9-10H,3,7-8,11-12H2,1-2H3,(H2,20,22,23);1H. The molecule has 0 amide bonds. The average Bonchev–Trinajstić information content (AvgIpc) is 3.25. The predicted molar refractivity (Wildman–Crippen MR) is 112 cm³/mol. The number of hydrogen-bond acceptors (Lipinski definition) is 3. The van der Waals surface area contributed by atoms with E-state index >= 15 is 0 Å². The molecule has 4 nitrogen and oxygen atoms in total. The normalized spacial score (nSPS) is 15.4. The van der Waals surface area contributed by atoms with Gasteiger partial charge in [0.1, 0.15) is 10.8 Å². The molecule has 1 aromatic heterocycles. The number of guanidine groups is 1. The van der Waals surface area contributed by atoms with Gasteiger partial charge in [-0.05, 0) is 44.4 Å². The Morgan fingerprint density at radius 2 is 2.16 bits per heavy atom. The Morgan fingerprint density at radius 1 is 1.36 bits per heavy atom. The van der Waals surface area contributed by atoms with E-state index in [0.717, 1.165) is 42.5 Å². The lowest BCUT2D eigenvalue weighted by Gasteiger charge is -2.19. The Balaban J connectivity index is 0.00000225. The second-order valence-electron chi connectivity index (χ2n) is 6.20. The summed E-state index contributed by atoms with van der Waals surface area (Å²) in [5.74, 6) is 0.617. The molecule has 1 saturated carbocycles. The van der Waals surface area contributed by atoms with Crippen molar-refractivity contribution >= 4 is 41.3 Å². The maximum atomic E-state index is 13.5. The third-order valence-corrected chi connectivity index (χ3v) is 5.17. The Labute approximate surface area is 169 Å². The SMILES string of the molecule is CCNC(=NCc1ncc(C)s1)NCC1(c2cccc(F)c2)CC1.I. The van der Waals surface area contributed by atoms with Crippen molar-refractivity contribution in [2.45, 2.75) is 38.6 Å². The van der Waals surface area contributed by atoms with Crippen LogP contribution in [0.4, 0.5) is 4.39 Å².